The van der Waals surface area contributed by atoms with Gasteiger partial charge in [-0.3, -0.25) is 4.79 Å². The predicted octanol–water partition coefficient (Wildman–Crippen LogP) is 1.79. The summed E-state index contributed by atoms with van der Waals surface area (Å²) in [6, 6.07) is -1.29. The van der Waals surface area contributed by atoms with Crippen molar-refractivity contribution in [3.8, 4) is 0 Å². The molecule has 12 heteroatoms. The van der Waals surface area contributed by atoms with Crippen LogP contribution in [0.25, 0.3) is 10.4 Å². The molecule has 1 amide bonds. The fourth-order valence-corrected chi connectivity index (χ4v) is 2.82. The van der Waals surface area contributed by atoms with Gasteiger partial charge < -0.3 is 24.3 Å². The van der Waals surface area contributed by atoms with Crippen molar-refractivity contribution in [2.75, 3.05) is 13.2 Å². The second kappa shape index (κ2) is 7.80. The van der Waals surface area contributed by atoms with Crippen molar-refractivity contribution in [3.05, 3.63) is 23.1 Å². The van der Waals surface area contributed by atoms with Crippen LogP contribution in [0.15, 0.2) is 17.8 Å². The molecular weight excluding hydrogens is 361 g/mol. The number of amides is 1. The van der Waals surface area contributed by atoms with E-state index in [1.165, 1.54) is 6.08 Å². The van der Waals surface area contributed by atoms with Crippen LogP contribution >= 0.6 is 0 Å². The summed E-state index contributed by atoms with van der Waals surface area (Å²) in [5.74, 6) is -3.29. The number of hydrogen-bond acceptors (Lipinski definition) is 6. The quantitative estimate of drug-likeness (QED) is 0.327. The van der Waals surface area contributed by atoms with E-state index in [2.05, 4.69) is 16.6 Å². The lowest BCUT2D eigenvalue weighted by atomic mass is 9.96. The summed E-state index contributed by atoms with van der Waals surface area (Å²) in [7, 11) is 0. The minimum absolute atomic E-state index is 0.0427. The molecule has 0 aromatic carbocycles. The first kappa shape index (κ1) is 20.5. The number of alkyl halides is 3. The predicted molar refractivity (Wildman–Crippen MR) is 80.6 cm³/mol. The maximum Gasteiger partial charge on any atom is 0.471 e. The fourth-order valence-electron chi connectivity index (χ4n) is 2.82. The van der Waals surface area contributed by atoms with Crippen LogP contribution in [0.4, 0.5) is 13.2 Å². The Balaban J connectivity index is 2.30. The van der Waals surface area contributed by atoms with Crippen molar-refractivity contribution in [1.82, 2.24) is 5.32 Å². The van der Waals surface area contributed by atoms with Crippen LogP contribution in [-0.4, -0.2) is 61.7 Å². The summed E-state index contributed by atoms with van der Waals surface area (Å²) in [5.41, 5.74) is 8.51. The summed E-state index contributed by atoms with van der Waals surface area (Å²) in [5, 5.41) is 5.27. The smallest absolute Gasteiger partial charge is 0.346 e. The van der Waals surface area contributed by atoms with E-state index in [0.29, 0.717) is 0 Å². The van der Waals surface area contributed by atoms with Crippen molar-refractivity contribution in [1.29, 1.82) is 0 Å². The molecule has 2 saturated heterocycles. The second-order valence-electron chi connectivity index (χ2n) is 6.14. The molecule has 146 valence electrons. The summed E-state index contributed by atoms with van der Waals surface area (Å²) in [4.78, 5) is 14.1. The van der Waals surface area contributed by atoms with Gasteiger partial charge in [-0.05, 0) is 19.4 Å². The van der Waals surface area contributed by atoms with Crippen LogP contribution in [0.1, 0.15) is 13.8 Å². The molecule has 0 aliphatic carbocycles. The van der Waals surface area contributed by atoms with Crippen molar-refractivity contribution >= 4 is 5.91 Å². The summed E-state index contributed by atoms with van der Waals surface area (Å²) in [6.45, 7) is 6.40. The zero-order valence-corrected chi connectivity index (χ0v) is 14.1. The minimum atomic E-state index is -5.09. The SMILES string of the molecule is C=CCO[C@H]1O[C@H](CN=[N+]=[N-])[C@@H]2OC(C)(C)O[C@@H]2[C@H]1NC(=O)C(F)(F)F. The first-order chi connectivity index (χ1) is 12.1. The maximum absolute atomic E-state index is 12.7. The minimum Gasteiger partial charge on any atom is -0.346 e. The van der Waals surface area contributed by atoms with Gasteiger partial charge in [0, 0.05) is 4.91 Å². The molecule has 0 bridgehead atoms. The number of hydrogen-bond donors (Lipinski definition) is 1. The average Bonchev–Trinajstić information content (AvgIpc) is 2.87. The van der Waals surface area contributed by atoms with Gasteiger partial charge in [-0.15, -0.1) is 6.58 Å². The molecule has 0 saturated carbocycles. The number of fused-ring (bicyclic) bond motifs is 1. The third-order valence-electron chi connectivity index (χ3n) is 3.74. The van der Waals surface area contributed by atoms with Gasteiger partial charge in [-0.2, -0.15) is 13.2 Å². The van der Waals surface area contributed by atoms with E-state index < -0.39 is 48.5 Å². The van der Waals surface area contributed by atoms with Crippen molar-refractivity contribution in [3.63, 3.8) is 0 Å². The van der Waals surface area contributed by atoms with Crippen LogP contribution in [-0.2, 0) is 23.7 Å². The highest BCUT2D eigenvalue weighted by molar-refractivity contribution is 5.82. The monoisotopic (exact) mass is 380 g/mol. The van der Waals surface area contributed by atoms with Gasteiger partial charge >= 0.3 is 12.1 Å². The number of carbonyl (C=O) groups is 1. The Morgan fingerprint density at radius 2 is 2.08 bits per heavy atom. The van der Waals surface area contributed by atoms with Gasteiger partial charge in [0.15, 0.2) is 12.1 Å². The zero-order valence-electron chi connectivity index (χ0n) is 14.1. The molecule has 2 fully saturated rings. The van der Waals surface area contributed by atoms with Crippen LogP contribution < -0.4 is 5.32 Å². The molecule has 26 heavy (non-hydrogen) atoms. The molecule has 9 nitrogen and oxygen atoms in total. The molecule has 0 unspecified atom stereocenters. The lowest BCUT2D eigenvalue weighted by Gasteiger charge is -2.41. The van der Waals surface area contributed by atoms with E-state index in [1.54, 1.807) is 13.8 Å². The Bertz CT molecular complexity index is 594. The van der Waals surface area contributed by atoms with Crippen molar-refractivity contribution < 1.29 is 36.9 Å². The van der Waals surface area contributed by atoms with Gasteiger partial charge in [-0.25, -0.2) is 0 Å². The lowest BCUT2D eigenvalue weighted by molar-refractivity contribution is -0.241. The van der Waals surface area contributed by atoms with E-state index >= 15 is 0 Å². The molecule has 2 heterocycles. The Hall–Kier alpha value is -1.85. The summed E-state index contributed by atoms with van der Waals surface area (Å²) in [6.07, 6.45) is -7.69. The molecule has 2 rings (SSSR count). The fraction of sp³-hybridized carbons (Fsp3) is 0.786. The molecule has 5 atom stereocenters. The molecule has 1 N–H and O–H groups in total. The number of rotatable bonds is 6. The van der Waals surface area contributed by atoms with Crippen molar-refractivity contribution in [2.45, 2.75) is 56.5 Å². The topological polar surface area (TPSA) is 115 Å². The molecular formula is C14H19F3N4O5. The number of ether oxygens (including phenoxy) is 4. The van der Waals surface area contributed by atoms with E-state index in [0.717, 1.165) is 0 Å². The van der Waals surface area contributed by atoms with E-state index in [1.807, 2.05) is 5.32 Å². The Morgan fingerprint density at radius 1 is 1.42 bits per heavy atom. The second-order valence-corrected chi connectivity index (χ2v) is 6.14. The van der Waals surface area contributed by atoms with E-state index in [4.69, 9.17) is 24.5 Å². The molecule has 0 aromatic heterocycles. The molecule has 2 aliphatic heterocycles. The number of carbonyl (C=O) groups excluding carboxylic acids is 1. The van der Waals surface area contributed by atoms with E-state index in [-0.39, 0.29) is 13.2 Å². The number of nitrogens with one attached hydrogen (secondary N) is 1. The summed E-state index contributed by atoms with van der Waals surface area (Å²) >= 11 is 0. The van der Waals surface area contributed by atoms with Gasteiger partial charge in [-0.1, -0.05) is 11.2 Å². The number of halogens is 3. The largest absolute Gasteiger partial charge is 0.471 e. The molecule has 0 radical (unpaired) electrons. The average molecular weight is 380 g/mol. The van der Waals surface area contributed by atoms with Gasteiger partial charge in [0.1, 0.15) is 18.2 Å². The van der Waals surface area contributed by atoms with E-state index in [9.17, 15) is 18.0 Å². The highest BCUT2D eigenvalue weighted by Gasteiger charge is 2.57. The van der Waals surface area contributed by atoms with Crippen LogP contribution in [0.2, 0.25) is 0 Å². The highest BCUT2D eigenvalue weighted by Crippen LogP contribution is 2.38. The van der Waals surface area contributed by atoms with Gasteiger partial charge in [0.25, 0.3) is 0 Å². The highest BCUT2D eigenvalue weighted by atomic mass is 19.4. The molecule has 2 aliphatic rings. The number of azide groups is 1. The Labute approximate surface area is 147 Å². The third kappa shape index (κ3) is 4.65. The normalized spacial score (nSPS) is 33.0. The summed E-state index contributed by atoms with van der Waals surface area (Å²) < 4.78 is 60.4. The Kier molecular flexibility index (Phi) is 6.14. The van der Waals surface area contributed by atoms with Crippen LogP contribution in [0.5, 0.6) is 0 Å². The number of nitrogens with zero attached hydrogens (tertiary/aromatic N) is 3. The Morgan fingerprint density at radius 3 is 2.65 bits per heavy atom. The third-order valence-corrected chi connectivity index (χ3v) is 3.74. The van der Waals surface area contributed by atoms with Crippen LogP contribution in [0.3, 0.4) is 0 Å². The molecule has 0 spiro atoms. The maximum atomic E-state index is 12.7. The first-order valence-electron chi connectivity index (χ1n) is 7.71. The zero-order chi connectivity index (χ0) is 19.5. The first-order valence-corrected chi connectivity index (χ1v) is 7.71. The van der Waals surface area contributed by atoms with Gasteiger partial charge in [0.05, 0.1) is 19.3 Å². The standard InChI is InChI=1S/C14H19F3N4O5/c1-4-5-23-11-8(20-12(22)14(15,16)17)10-9(25-13(2,3)26-10)7(24-11)6-19-21-18/h4,7-11H,1,5-6H2,2-3H3,(H,20,22)/t7-,8-,9+,10-,11+/m1/s1. The van der Waals surface area contributed by atoms with Gasteiger partial charge in [0.2, 0.25) is 0 Å². The molecule has 0 aromatic rings. The van der Waals surface area contributed by atoms with Crippen molar-refractivity contribution in [2.24, 2.45) is 5.11 Å². The lowest BCUT2D eigenvalue weighted by Crippen LogP contribution is -2.64. The van der Waals surface area contributed by atoms with Crippen LogP contribution in [0, 0.1) is 0 Å².